The van der Waals surface area contributed by atoms with Crippen LogP contribution in [-0.4, -0.2) is 9.78 Å². The number of nitrogens with one attached hydrogen (secondary N) is 1. The van der Waals surface area contributed by atoms with Crippen LogP contribution in [0.4, 0.5) is 0 Å². The van der Waals surface area contributed by atoms with Crippen LogP contribution in [0.5, 0.6) is 0 Å². The fourth-order valence-corrected chi connectivity index (χ4v) is 2.58. The molecule has 98 valence electrons. The van der Waals surface area contributed by atoms with Gasteiger partial charge in [-0.1, -0.05) is 0 Å². The molecule has 0 fully saturated rings. The number of aryl methyl sites for hydroxylation is 2. The highest BCUT2D eigenvalue weighted by molar-refractivity contribution is 9.10. The molecule has 2 heterocycles. The average Bonchev–Trinajstić information content (AvgIpc) is 3.01. The predicted molar refractivity (Wildman–Crippen MR) is 72.7 cm³/mol. The largest absolute Gasteiger partial charge is 0.469 e. The number of nitrogens with zero attached hydrogens (tertiary/aromatic N) is 2. The van der Waals surface area contributed by atoms with E-state index in [-0.39, 0.29) is 6.04 Å². The third kappa shape index (κ3) is 2.82. The molecule has 0 saturated carbocycles. The Morgan fingerprint density at radius 1 is 1.61 bits per heavy atom. The summed E-state index contributed by atoms with van der Waals surface area (Å²) in [5.41, 5.74) is 3.93. The number of furan rings is 1. The van der Waals surface area contributed by atoms with Crippen molar-refractivity contribution in [2.75, 3.05) is 0 Å². The molecule has 0 aromatic carbocycles. The lowest BCUT2D eigenvalue weighted by Crippen LogP contribution is -2.30. The average molecular weight is 313 g/mol. The van der Waals surface area contributed by atoms with Crippen LogP contribution in [0.25, 0.3) is 0 Å². The van der Waals surface area contributed by atoms with E-state index in [9.17, 15) is 0 Å². The summed E-state index contributed by atoms with van der Waals surface area (Å²) in [5.74, 6) is 6.62. The van der Waals surface area contributed by atoms with Gasteiger partial charge < -0.3 is 4.42 Å². The van der Waals surface area contributed by atoms with Crippen molar-refractivity contribution in [3.8, 4) is 0 Å². The zero-order chi connectivity index (χ0) is 13.0. The number of hydrazine groups is 1. The van der Waals surface area contributed by atoms with Gasteiger partial charge in [0, 0.05) is 13.0 Å². The maximum Gasteiger partial charge on any atom is 0.103 e. The van der Waals surface area contributed by atoms with Crippen molar-refractivity contribution in [2.45, 2.75) is 32.4 Å². The lowest BCUT2D eigenvalue weighted by Gasteiger charge is -2.17. The van der Waals surface area contributed by atoms with Crippen LogP contribution in [-0.2, 0) is 13.0 Å². The standard InChI is InChI=1S/C12H17BrN4O/c1-2-17-12(10(13)8-15-17)11(16-14)6-5-9-4-3-7-18-9/h3-4,7-8,11,16H,2,5-6,14H2,1H3. The summed E-state index contributed by atoms with van der Waals surface area (Å²) >= 11 is 3.52. The molecule has 0 aliphatic heterocycles. The minimum atomic E-state index is 0.0481. The first kappa shape index (κ1) is 13.3. The Morgan fingerprint density at radius 2 is 2.44 bits per heavy atom. The normalized spacial score (nSPS) is 12.8. The van der Waals surface area contributed by atoms with Crippen LogP contribution in [0.15, 0.2) is 33.5 Å². The monoisotopic (exact) mass is 312 g/mol. The van der Waals surface area contributed by atoms with Crippen LogP contribution >= 0.6 is 15.9 Å². The molecule has 1 atom stereocenters. The van der Waals surface area contributed by atoms with Crippen LogP contribution < -0.4 is 11.3 Å². The molecule has 5 nitrogen and oxygen atoms in total. The fourth-order valence-electron chi connectivity index (χ4n) is 2.01. The van der Waals surface area contributed by atoms with E-state index in [0.717, 1.165) is 35.3 Å². The number of aromatic nitrogens is 2. The van der Waals surface area contributed by atoms with E-state index in [4.69, 9.17) is 10.3 Å². The fraction of sp³-hybridized carbons (Fsp3) is 0.417. The molecule has 1 unspecified atom stereocenters. The number of rotatable bonds is 6. The Kier molecular flexibility index (Phi) is 4.57. The number of nitrogens with two attached hydrogens (primary N) is 1. The number of hydrogen-bond donors (Lipinski definition) is 2. The highest BCUT2D eigenvalue weighted by Gasteiger charge is 2.18. The summed E-state index contributed by atoms with van der Waals surface area (Å²) in [4.78, 5) is 0. The molecule has 0 radical (unpaired) electrons. The third-order valence-corrected chi connectivity index (χ3v) is 3.53. The zero-order valence-corrected chi connectivity index (χ0v) is 11.9. The van der Waals surface area contributed by atoms with Gasteiger partial charge >= 0.3 is 0 Å². The van der Waals surface area contributed by atoms with E-state index in [0.29, 0.717) is 0 Å². The second-order valence-corrected chi connectivity index (χ2v) is 4.89. The molecule has 2 aromatic heterocycles. The van der Waals surface area contributed by atoms with E-state index in [1.165, 1.54) is 0 Å². The predicted octanol–water partition coefficient (Wildman–Crippen LogP) is 2.40. The molecule has 0 saturated heterocycles. The van der Waals surface area contributed by atoms with Gasteiger partial charge in [-0.2, -0.15) is 5.10 Å². The lowest BCUT2D eigenvalue weighted by atomic mass is 10.1. The first-order valence-electron chi connectivity index (χ1n) is 5.96. The molecular formula is C12H17BrN4O. The molecule has 3 N–H and O–H groups in total. The van der Waals surface area contributed by atoms with Crippen molar-refractivity contribution in [3.05, 3.63) is 40.5 Å². The molecule has 6 heteroatoms. The van der Waals surface area contributed by atoms with Crippen molar-refractivity contribution in [2.24, 2.45) is 5.84 Å². The Morgan fingerprint density at radius 3 is 3.06 bits per heavy atom. The second-order valence-electron chi connectivity index (χ2n) is 4.03. The topological polar surface area (TPSA) is 69.0 Å². The Hall–Kier alpha value is -1.11. The van der Waals surface area contributed by atoms with Gasteiger partial charge in [0.15, 0.2) is 0 Å². The van der Waals surface area contributed by atoms with E-state index < -0.39 is 0 Å². The van der Waals surface area contributed by atoms with Crippen molar-refractivity contribution < 1.29 is 4.42 Å². The molecular weight excluding hydrogens is 296 g/mol. The zero-order valence-electron chi connectivity index (χ0n) is 10.3. The minimum absolute atomic E-state index is 0.0481. The number of halogens is 1. The second kappa shape index (κ2) is 6.17. The van der Waals surface area contributed by atoms with Crippen LogP contribution in [0.1, 0.15) is 30.8 Å². The highest BCUT2D eigenvalue weighted by atomic mass is 79.9. The molecule has 0 bridgehead atoms. The molecule has 0 amide bonds. The van der Waals surface area contributed by atoms with Gasteiger partial charge in [-0.05, 0) is 41.4 Å². The first-order chi connectivity index (χ1) is 8.76. The summed E-state index contributed by atoms with van der Waals surface area (Å²) in [6.45, 7) is 2.88. The molecule has 0 aliphatic rings. The van der Waals surface area contributed by atoms with Gasteiger partial charge in [0.05, 0.1) is 28.7 Å². The van der Waals surface area contributed by atoms with Crippen molar-refractivity contribution in [1.82, 2.24) is 15.2 Å². The Labute approximate surface area is 114 Å². The van der Waals surface area contributed by atoms with E-state index >= 15 is 0 Å². The molecule has 2 aromatic rings. The van der Waals surface area contributed by atoms with Crippen molar-refractivity contribution in [1.29, 1.82) is 0 Å². The molecule has 18 heavy (non-hydrogen) atoms. The van der Waals surface area contributed by atoms with Gasteiger partial charge in [-0.3, -0.25) is 16.0 Å². The molecule has 0 aliphatic carbocycles. The van der Waals surface area contributed by atoms with Gasteiger partial charge in [-0.25, -0.2) is 0 Å². The number of hydrogen-bond acceptors (Lipinski definition) is 4. The van der Waals surface area contributed by atoms with E-state index in [1.54, 1.807) is 12.5 Å². The summed E-state index contributed by atoms with van der Waals surface area (Å²) in [7, 11) is 0. The van der Waals surface area contributed by atoms with Crippen LogP contribution in [0.2, 0.25) is 0 Å². The van der Waals surface area contributed by atoms with Gasteiger partial charge in [0.25, 0.3) is 0 Å². The van der Waals surface area contributed by atoms with Crippen LogP contribution in [0, 0.1) is 0 Å². The molecule has 2 rings (SSSR count). The summed E-state index contributed by atoms with van der Waals surface area (Å²) < 4.78 is 8.25. The maximum absolute atomic E-state index is 5.65. The van der Waals surface area contributed by atoms with Gasteiger partial charge in [0.2, 0.25) is 0 Å². The quantitative estimate of drug-likeness (QED) is 0.635. The van der Waals surface area contributed by atoms with Gasteiger partial charge in [-0.15, -0.1) is 0 Å². The Bertz CT molecular complexity index is 480. The lowest BCUT2D eigenvalue weighted by molar-refractivity contribution is 0.435. The molecule has 0 spiro atoms. The maximum atomic E-state index is 5.65. The SMILES string of the molecule is CCn1ncc(Br)c1C(CCc1ccco1)NN. The Balaban J connectivity index is 2.10. The summed E-state index contributed by atoms with van der Waals surface area (Å²) in [6.07, 6.45) is 5.18. The summed E-state index contributed by atoms with van der Waals surface area (Å²) in [5, 5.41) is 4.30. The highest BCUT2D eigenvalue weighted by Crippen LogP contribution is 2.26. The van der Waals surface area contributed by atoms with Crippen molar-refractivity contribution >= 4 is 15.9 Å². The van der Waals surface area contributed by atoms with E-state index in [2.05, 4.69) is 33.4 Å². The van der Waals surface area contributed by atoms with Gasteiger partial charge in [0.1, 0.15) is 5.76 Å². The summed E-state index contributed by atoms with van der Waals surface area (Å²) in [6, 6.07) is 3.92. The third-order valence-electron chi connectivity index (χ3n) is 2.92. The smallest absolute Gasteiger partial charge is 0.103 e. The van der Waals surface area contributed by atoms with Crippen molar-refractivity contribution in [3.63, 3.8) is 0 Å². The van der Waals surface area contributed by atoms with Crippen LogP contribution in [0.3, 0.4) is 0 Å². The first-order valence-corrected chi connectivity index (χ1v) is 6.75. The van der Waals surface area contributed by atoms with E-state index in [1.807, 2.05) is 16.8 Å². The minimum Gasteiger partial charge on any atom is -0.469 e.